The molecule has 2 rings (SSSR count). The standard InChI is InChI=1S/C16H26N2O2/c1-10(2)9-12-13(16(12,3)4)15(20)18-17-14(19)11-7-5-6-8-11/h9,11-13H,5-8H2,1-4H3,(H,17,19)(H,18,20)/t12-,13+/m0/s1. The van der Waals surface area contributed by atoms with E-state index in [1.807, 2.05) is 13.8 Å². The molecule has 2 fully saturated rings. The molecular weight excluding hydrogens is 252 g/mol. The zero-order chi connectivity index (χ0) is 14.9. The molecule has 0 unspecified atom stereocenters. The fourth-order valence-corrected chi connectivity index (χ4v) is 3.34. The van der Waals surface area contributed by atoms with E-state index in [4.69, 9.17) is 0 Å². The third-order valence-corrected chi connectivity index (χ3v) is 4.74. The maximum absolute atomic E-state index is 12.2. The molecule has 0 aliphatic heterocycles. The molecule has 0 spiro atoms. The van der Waals surface area contributed by atoms with E-state index in [2.05, 4.69) is 30.8 Å². The van der Waals surface area contributed by atoms with Gasteiger partial charge in [-0.1, -0.05) is 38.3 Å². The molecule has 2 aliphatic rings. The Morgan fingerprint density at radius 3 is 2.15 bits per heavy atom. The van der Waals surface area contributed by atoms with Gasteiger partial charge in [-0.15, -0.1) is 0 Å². The number of carbonyl (C=O) groups excluding carboxylic acids is 2. The van der Waals surface area contributed by atoms with Crippen LogP contribution in [0.2, 0.25) is 0 Å². The highest BCUT2D eigenvalue weighted by Crippen LogP contribution is 2.59. The van der Waals surface area contributed by atoms with Crippen LogP contribution in [-0.2, 0) is 9.59 Å². The molecule has 0 heterocycles. The summed E-state index contributed by atoms with van der Waals surface area (Å²) in [6.45, 7) is 8.29. The average Bonchev–Trinajstić information content (AvgIpc) is 2.79. The summed E-state index contributed by atoms with van der Waals surface area (Å²) < 4.78 is 0. The molecule has 2 atom stereocenters. The maximum atomic E-state index is 12.2. The lowest BCUT2D eigenvalue weighted by Crippen LogP contribution is -2.45. The van der Waals surface area contributed by atoms with Gasteiger partial charge in [-0.05, 0) is 38.0 Å². The van der Waals surface area contributed by atoms with E-state index in [9.17, 15) is 9.59 Å². The lowest BCUT2D eigenvalue weighted by molar-refractivity contribution is -0.132. The van der Waals surface area contributed by atoms with Gasteiger partial charge in [0.15, 0.2) is 0 Å². The van der Waals surface area contributed by atoms with Gasteiger partial charge in [-0.25, -0.2) is 0 Å². The van der Waals surface area contributed by atoms with Gasteiger partial charge in [0.05, 0.1) is 5.92 Å². The van der Waals surface area contributed by atoms with Crippen molar-refractivity contribution in [3.63, 3.8) is 0 Å². The molecule has 0 radical (unpaired) electrons. The predicted molar refractivity (Wildman–Crippen MR) is 78.4 cm³/mol. The van der Waals surface area contributed by atoms with Crippen molar-refractivity contribution in [1.82, 2.24) is 10.9 Å². The molecule has 2 amide bonds. The number of hydrogen-bond donors (Lipinski definition) is 2. The molecule has 0 saturated heterocycles. The lowest BCUT2D eigenvalue weighted by Gasteiger charge is -2.11. The van der Waals surface area contributed by atoms with Crippen LogP contribution in [0.3, 0.4) is 0 Å². The molecule has 0 aromatic carbocycles. The monoisotopic (exact) mass is 278 g/mol. The number of amides is 2. The lowest BCUT2D eigenvalue weighted by atomic mass is 10.1. The van der Waals surface area contributed by atoms with Crippen LogP contribution in [0.4, 0.5) is 0 Å². The molecule has 0 bridgehead atoms. The van der Waals surface area contributed by atoms with Gasteiger partial charge in [0, 0.05) is 5.92 Å². The Morgan fingerprint density at radius 1 is 1.05 bits per heavy atom. The van der Waals surface area contributed by atoms with Crippen molar-refractivity contribution in [2.75, 3.05) is 0 Å². The van der Waals surface area contributed by atoms with Crippen molar-refractivity contribution < 1.29 is 9.59 Å². The zero-order valence-corrected chi connectivity index (χ0v) is 13.0. The summed E-state index contributed by atoms with van der Waals surface area (Å²) in [6, 6.07) is 0. The van der Waals surface area contributed by atoms with Crippen LogP contribution < -0.4 is 10.9 Å². The maximum Gasteiger partial charge on any atom is 0.242 e. The number of hydrazine groups is 1. The van der Waals surface area contributed by atoms with E-state index in [1.165, 1.54) is 5.57 Å². The topological polar surface area (TPSA) is 58.2 Å². The Hall–Kier alpha value is -1.32. The summed E-state index contributed by atoms with van der Waals surface area (Å²) in [6.07, 6.45) is 6.27. The van der Waals surface area contributed by atoms with E-state index < -0.39 is 0 Å². The van der Waals surface area contributed by atoms with Crippen molar-refractivity contribution in [3.05, 3.63) is 11.6 Å². The smallest absolute Gasteiger partial charge is 0.242 e. The SMILES string of the molecule is CC(C)=C[C@H]1[C@H](C(=O)NNC(=O)C2CCCC2)C1(C)C. The first kappa shape index (κ1) is 15.1. The van der Waals surface area contributed by atoms with Gasteiger partial charge < -0.3 is 0 Å². The van der Waals surface area contributed by atoms with E-state index in [1.54, 1.807) is 0 Å². The molecule has 2 saturated carbocycles. The predicted octanol–water partition coefficient (Wildman–Crippen LogP) is 2.56. The van der Waals surface area contributed by atoms with Gasteiger partial charge in [0.25, 0.3) is 0 Å². The number of rotatable bonds is 3. The second-order valence-electron chi connectivity index (χ2n) is 7.03. The number of carbonyl (C=O) groups is 2. The van der Waals surface area contributed by atoms with E-state index in [-0.39, 0.29) is 35.0 Å². The van der Waals surface area contributed by atoms with Gasteiger partial charge >= 0.3 is 0 Å². The molecule has 0 aromatic heterocycles. The Balaban J connectivity index is 1.83. The second kappa shape index (κ2) is 5.58. The normalized spacial score (nSPS) is 27.8. The fourth-order valence-electron chi connectivity index (χ4n) is 3.34. The largest absolute Gasteiger partial charge is 0.273 e. The van der Waals surface area contributed by atoms with Crippen LogP contribution in [-0.4, -0.2) is 11.8 Å². The Labute approximate surface area is 121 Å². The van der Waals surface area contributed by atoms with Gasteiger partial charge in [-0.2, -0.15) is 0 Å². The summed E-state index contributed by atoms with van der Waals surface area (Å²) >= 11 is 0. The second-order valence-corrected chi connectivity index (χ2v) is 7.03. The quantitative estimate of drug-likeness (QED) is 0.616. The van der Waals surface area contributed by atoms with Gasteiger partial charge in [0.1, 0.15) is 0 Å². The van der Waals surface area contributed by atoms with E-state index in [0.717, 1.165) is 25.7 Å². The van der Waals surface area contributed by atoms with Gasteiger partial charge in [0.2, 0.25) is 11.8 Å². The summed E-state index contributed by atoms with van der Waals surface area (Å²) in [7, 11) is 0. The highest BCUT2D eigenvalue weighted by molar-refractivity contribution is 5.87. The summed E-state index contributed by atoms with van der Waals surface area (Å²) in [5.74, 6) is 0.213. The van der Waals surface area contributed by atoms with Crippen LogP contribution in [0.5, 0.6) is 0 Å². The number of allylic oxidation sites excluding steroid dienone is 2. The molecule has 20 heavy (non-hydrogen) atoms. The number of nitrogens with one attached hydrogen (secondary N) is 2. The Morgan fingerprint density at radius 2 is 1.60 bits per heavy atom. The molecule has 112 valence electrons. The molecule has 0 aromatic rings. The number of hydrogen-bond acceptors (Lipinski definition) is 2. The van der Waals surface area contributed by atoms with Crippen LogP contribution in [0.25, 0.3) is 0 Å². The van der Waals surface area contributed by atoms with Crippen LogP contribution in [0, 0.1) is 23.2 Å². The van der Waals surface area contributed by atoms with Crippen molar-refractivity contribution in [3.8, 4) is 0 Å². The summed E-state index contributed by atoms with van der Waals surface area (Å²) in [5.41, 5.74) is 6.43. The van der Waals surface area contributed by atoms with Crippen LogP contribution >= 0.6 is 0 Å². The fraction of sp³-hybridized carbons (Fsp3) is 0.750. The minimum Gasteiger partial charge on any atom is -0.273 e. The average molecular weight is 278 g/mol. The van der Waals surface area contributed by atoms with Crippen LogP contribution in [0.1, 0.15) is 53.4 Å². The van der Waals surface area contributed by atoms with Crippen molar-refractivity contribution in [1.29, 1.82) is 0 Å². The van der Waals surface area contributed by atoms with Crippen LogP contribution in [0.15, 0.2) is 11.6 Å². The third-order valence-electron chi connectivity index (χ3n) is 4.74. The molecule has 4 heteroatoms. The van der Waals surface area contributed by atoms with E-state index in [0.29, 0.717) is 0 Å². The first-order valence-electron chi connectivity index (χ1n) is 7.58. The third kappa shape index (κ3) is 3.05. The molecule has 2 aliphatic carbocycles. The first-order chi connectivity index (χ1) is 9.34. The summed E-state index contributed by atoms with van der Waals surface area (Å²) in [5, 5.41) is 0. The van der Waals surface area contributed by atoms with Gasteiger partial charge in [-0.3, -0.25) is 20.4 Å². The molecule has 2 N–H and O–H groups in total. The van der Waals surface area contributed by atoms with Crippen molar-refractivity contribution in [2.45, 2.75) is 53.4 Å². The zero-order valence-electron chi connectivity index (χ0n) is 13.0. The molecular formula is C16H26N2O2. The Bertz CT molecular complexity index is 430. The summed E-state index contributed by atoms with van der Waals surface area (Å²) in [4.78, 5) is 24.1. The van der Waals surface area contributed by atoms with Crippen molar-refractivity contribution in [2.24, 2.45) is 23.2 Å². The Kier molecular flexibility index (Phi) is 4.21. The van der Waals surface area contributed by atoms with E-state index >= 15 is 0 Å². The highest BCUT2D eigenvalue weighted by Gasteiger charge is 2.60. The highest BCUT2D eigenvalue weighted by atomic mass is 16.2. The molecule has 4 nitrogen and oxygen atoms in total. The minimum atomic E-state index is -0.0659. The van der Waals surface area contributed by atoms with Crippen molar-refractivity contribution >= 4 is 11.8 Å². The first-order valence-corrected chi connectivity index (χ1v) is 7.58. The minimum absolute atomic E-state index is 0.0144.